The van der Waals surface area contributed by atoms with Gasteiger partial charge in [-0.1, -0.05) is 37.6 Å². The zero-order valence-corrected chi connectivity index (χ0v) is 11.1. The Morgan fingerprint density at radius 2 is 1.88 bits per heavy atom. The molecule has 1 fully saturated rings. The van der Waals surface area contributed by atoms with Gasteiger partial charge in [0, 0.05) is 6.42 Å². The molecule has 1 aromatic rings. The maximum Gasteiger partial charge on any atom is 0.0688 e. The van der Waals surface area contributed by atoms with Crippen LogP contribution in [0.2, 0.25) is 0 Å². The van der Waals surface area contributed by atoms with E-state index in [2.05, 4.69) is 38.1 Å². The van der Waals surface area contributed by atoms with Crippen LogP contribution in [0.4, 0.5) is 0 Å². The Morgan fingerprint density at radius 3 is 2.47 bits per heavy atom. The molecule has 1 nitrogen and oxygen atoms in total. The first kappa shape index (κ1) is 12.6. The van der Waals surface area contributed by atoms with Crippen LogP contribution < -0.4 is 0 Å². The summed E-state index contributed by atoms with van der Waals surface area (Å²) in [6.07, 6.45) is 6.42. The minimum absolute atomic E-state index is 0.447. The van der Waals surface area contributed by atoms with E-state index in [-0.39, 0.29) is 0 Å². The number of rotatable bonds is 3. The first-order valence-corrected chi connectivity index (χ1v) is 6.90. The molecule has 1 saturated carbocycles. The molecule has 1 heteroatoms. The van der Waals surface area contributed by atoms with E-state index < -0.39 is 5.60 Å². The second-order valence-electron chi connectivity index (χ2n) is 5.68. The highest BCUT2D eigenvalue weighted by molar-refractivity contribution is 5.27. The van der Waals surface area contributed by atoms with Gasteiger partial charge in [-0.2, -0.15) is 0 Å². The van der Waals surface area contributed by atoms with Crippen LogP contribution >= 0.6 is 0 Å². The Morgan fingerprint density at radius 1 is 1.24 bits per heavy atom. The van der Waals surface area contributed by atoms with E-state index in [1.807, 2.05) is 0 Å². The minimum atomic E-state index is -0.447. The molecule has 0 spiro atoms. The van der Waals surface area contributed by atoms with Crippen molar-refractivity contribution in [2.45, 2.75) is 58.0 Å². The van der Waals surface area contributed by atoms with Gasteiger partial charge >= 0.3 is 0 Å². The van der Waals surface area contributed by atoms with E-state index in [0.29, 0.717) is 0 Å². The standard InChI is InChI=1S/C16H24O/c1-3-14-8-10-16(17,11-9-14)12-15-7-5-4-6-13(15)2/h4-7,14,17H,3,8-12H2,1-2H3. The first-order chi connectivity index (χ1) is 8.13. The van der Waals surface area contributed by atoms with Gasteiger partial charge in [-0.15, -0.1) is 0 Å². The Hall–Kier alpha value is -0.820. The summed E-state index contributed by atoms with van der Waals surface area (Å²) < 4.78 is 0. The molecular weight excluding hydrogens is 208 g/mol. The van der Waals surface area contributed by atoms with Crippen molar-refractivity contribution in [1.82, 2.24) is 0 Å². The van der Waals surface area contributed by atoms with Crippen LogP contribution in [-0.2, 0) is 6.42 Å². The summed E-state index contributed by atoms with van der Waals surface area (Å²) in [7, 11) is 0. The van der Waals surface area contributed by atoms with Gasteiger partial charge < -0.3 is 5.11 Å². The molecule has 1 aliphatic rings. The summed E-state index contributed by atoms with van der Waals surface area (Å²) in [5.41, 5.74) is 2.17. The van der Waals surface area contributed by atoms with E-state index in [1.54, 1.807) is 0 Å². The van der Waals surface area contributed by atoms with E-state index in [0.717, 1.165) is 25.2 Å². The molecule has 1 aliphatic carbocycles. The highest BCUT2D eigenvalue weighted by Gasteiger charge is 2.32. The smallest absolute Gasteiger partial charge is 0.0688 e. The molecule has 1 aromatic carbocycles. The summed E-state index contributed by atoms with van der Waals surface area (Å²) >= 11 is 0. The number of hydrogen-bond donors (Lipinski definition) is 1. The quantitative estimate of drug-likeness (QED) is 0.838. The van der Waals surface area contributed by atoms with Crippen molar-refractivity contribution < 1.29 is 5.11 Å². The minimum Gasteiger partial charge on any atom is -0.390 e. The van der Waals surface area contributed by atoms with Gasteiger partial charge in [-0.05, 0) is 49.7 Å². The number of aliphatic hydroxyl groups is 1. The zero-order chi connectivity index (χ0) is 12.3. The molecule has 94 valence electrons. The fourth-order valence-corrected chi connectivity index (χ4v) is 2.96. The molecule has 17 heavy (non-hydrogen) atoms. The summed E-state index contributed by atoms with van der Waals surface area (Å²) in [5.74, 6) is 0.840. The molecule has 0 heterocycles. The van der Waals surface area contributed by atoms with E-state index >= 15 is 0 Å². The lowest BCUT2D eigenvalue weighted by Crippen LogP contribution is -2.36. The average Bonchev–Trinajstić information content (AvgIpc) is 2.33. The van der Waals surface area contributed by atoms with E-state index in [4.69, 9.17) is 0 Å². The number of aryl methyl sites for hydroxylation is 1. The highest BCUT2D eigenvalue weighted by atomic mass is 16.3. The number of benzene rings is 1. The lowest BCUT2D eigenvalue weighted by atomic mass is 9.75. The summed E-state index contributed by atoms with van der Waals surface area (Å²) in [5, 5.41) is 10.7. The van der Waals surface area contributed by atoms with Gasteiger partial charge in [0.1, 0.15) is 0 Å². The third-order valence-electron chi connectivity index (χ3n) is 4.39. The molecule has 0 bridgehead atoms. The monoisotopic (exact) mass is 232 g/mol. The van der Waals surface area contributed by atoms with Crippen LogP contribution in [0.25, 0.3) is 0 Å². The first-order valence-electron chi connectivity index (χ1n) is 6.90. The predicted molar refractivity (Wildman–Crippen MR) is 72.1 cm³/mol. The topological polar surface area (TPSA) is 20.2 Å². The molecule has 0 radical (unpaired) electrons. The molecule has 1 N–H and O–H groups in total. The molecule has 0 saturated heterocycles. The maximum atomic E-state index is 10.7. The Bertz CT molecular complexity index is 362. The van der Waals surface area contributed by atoms with Crippen LogP contribution in [0.3, 0.4) is 0 Å². The van der Waals surface area contributed by atoms with Crippen LogP contribution in [0.5, 0.6) is 0 Å². The van der Waals surface area contributed by atoms with Gasteiger partial charge in [0.15, 0.2) is 0 Å². The summed E-state index contributed by atoms with van der Waals surface area (Å²) in [4.78, 5) is 0. The highest BCUT2D eigenvalue weighted by Crippen LogP contribution is 2.36. The van der Waals surface area contributed by atoms with Crippen molar-refractivity contribution in [2.24, 2.45) is 5.92 Å². The maximum absolute atomic E-state index is 10.7. The molecule has 0 aliphatic heterocycles. The van der Waals surface area contributed by atoms with Crippen molar-refractivity contribution in [3.05, 3.63) is 35.4 Å². The second kappa shape index (κ2) is 5.22. The second-order valence-corrected chi connectivity index (χ2v) is 5.68. The molecule has 2 rings (SSSR count). The summed E-state index contributed by atoms with van der Waals surface area (Å²) in [6, 6.07) is 8.43. The van der Waals surface area contributed by atoms with Crippen LogP contribution in [0.15, 0.2) is 24.3 Å². The Labute approximate surface area is 105 Å². The largest absolute Gasteiger partial charge is 0.390 e. The fraction of sp³-hybridized carbons (Fsp3) is 0.625. The Kier molecular flexibility index (Phi) is 3.88. The van der Waals surface area contributed by atoms with Crippen molar-refractivity contribution in [2.75, 3.05) is 0 Å². The van der Waals surface area contributed by atoms with Gasteiger partial charge in [-0.25, -0.2) is 0 Å². The van der Waals surface area contributed by atoms with E-state index in [1.165, 1.54) is 30.4 Å². The summed E-state index contributed by atoms with van der Waals surface area (Å²) in [6.45, 7) is 4.40. The normalized spacial score (nSPS) is 29.2. The lowest BCUT2D eigenvalue weighted by molar-refractivity contribution is -0.00933. The van der Waals surface area contributed by atoms with Gasteiger partial charge in [-0.3, -0.25) is 0 Å². The van der Waals surface area contributed by atoms with E-state index in [9.17, 15) is 5.11 Å². The molecular formula is C16H24O. The third-order valence-corrected chi connectivity index (χ3v) is 4.39. The predicted octanol–water partition coefficient (Wildman–Crippen LogP) is 3.87. The van der Waals surface area contributed by atoms with Crippen molar-refractivity contribution >= 4 is 0 Å². The lowest BCUT2D eigenvalue weighted by Gasteiger charge is -2.36. The Balaban J connectivity index is 2.01. The van der Waals surface area contributed by atoms with Crippen molar-refractivity contribution in [3.8, 4) is 0 Å². The number of hydrogen-bond acceptors (Lipinski definition) is 1. The van der Waals surface area contributed by atoms with Crippen LogP contribution in [-0.4, -0.2) is 10.7 Å². The van der Waals surface area contributed by atoms with Crippen molar-refractivity contribution in [3.63, 3.8) is 0 Å². The van der Waals surface area contributed by atoms with Gasteiger partial charge in [0.25, 0.3) is 0 Å². The van der Waals surface area contributed by atoms with Crippen LogP contribution in [0, 0.1) is 12.8 Å². The van der Waals surface area contributed by atoms with Crippen LogP contribution in [0.1, 0.15) is 50.2 Å². The molecule has 0 atom stereocenters. The SMILES string of the molecule is CCC1CCC(O)(Cc2ccccc2C)CC1. The van der Waals surface area contributed by atoms with Crippen molar-refractivity contribution in [1.29, 1.82) is 0 Å². The molecule has 0 amide bonds. The van der Waals surface area contributed by atoms with Gasteiger partial charge in [0.2, 0.25) is 0 Å². The third kappa shape index (κ3) is 3.10. The molecule has 0 aromatic heterocycles. The fourth-order valence-electron chi connectivity index (χ4n) is 2.96. The average molecular weight is 232 g/mol. The van der Waals surface area contributed by atoms with Gasteiger partial charge in [0.05, 0.1) is 5.60 Å². The molecule has 0 unspecified atom stereocenters. The zero-order valence-electron chi connectivity index (χ0n) is 11.1.